The molecule has 1 fully saturated rings. The summed E-state index contributed by atoms with van der Waals surface area (Å²) in [4.78, 5) is 24.0. The van der Waals surface area contributed by atoms with Crippen LogP contribution in [0.5, 0.6) is 5.75 Å². The highest BCUT2D eigenvalue weighted by Crippen LogP contribution is 2.37. The molecular weight excluding hydrogens is 430 g/mol. The maximum atomic E-state index is 13.1. The lowest BCUT2D eigenvalue weighted by Gasteiger charge is -2.34. The Morgan fingerprint density at radius 2 is 2.00 bits per heavy atom. The fraction of sp³-hybridized carbons (Fsp3) is 0.280. The number of fused-ring (bicyclic) bond motifs is 1. The molecule has 2 aromatic carbocycles. The standard InChI is InChI=1S/C25H27N7O2/c1-16-13-26-9-10-32(16)25(33)29-21-11-18-20(12-22(21)34-3)27-15-28-24(18)19-14-31(2)30-23(19)17-7-5-4-6-8-17/h4-8,11-12,14-16,26H,9-10,13H2,1-3H3,(H,29,33)/t16-/m0/s1. The Hall–Kier alpha value is -3.98. The first-order chi connectivity index (χ1) is 16.5. The molecule has 174 valence electrons. The minimum absolute atomic E-state index is 0.0999. The van der Waals surface area contributed by atoms with Gasteiger partial charge in [0, 0.05) is 61.5 Å². The summed E-state index contributed by atoms with van der Waals surface area (Å²) in [5.74, 6) is 0.544. The number of anilines is 1. The Morgan fingerprint density at radius 1 is 1.18 bits per heavy atom. The quantitative estimate of drug-likeness (QED) is 0.487. The molecule has 2 N–H and O–H groups in total. The van der Waals surface area contributed by atoms with E-state index in [0.29, 0.717) is 18.0 Å². The molecule has 2 aromatic heterocycles. The van der Waals surface area contributed by atoms with Crippen molar-refractivity contribution >= 4 is 22.6 Å². The number of amides is 2. The number of methoxy groups -OCH3 is 1. The first-order valence-electron chi connectivity index (χ1n) is 11.3. The number of urea groups is 1. The second-order valence-electron chi connectivity index (χ2n) is 8.40. The number of hydrogen-bond donors (Lipinski definition) is 2. The molecule has 4 aromatic rings. The predicted octanol–water partition coefficient (Wildman–Crippen LogP) is 3.53. The highest BCUT2D eigenvalue weighted by Gasteiger charge is 2.24. The maximum absolute atomic E-state index is 13.1. The number of nitrogens with one attached hydrogen (secondary N) is 2. The van der Waals surface area contributed by atoms with Gasteiger partial charge >= 0.3 is 6.03 Å². The van der Waals surface area contributed by atoms with Crippen molar-refractivity contribution in [3.05, 3.63) is 55.0 Å². The second kappa shape index (κ2) is 9.11. The Bertz CT molecular complexity index is 1340. The predicted molar refractivity (Wildman–Crippen MR) is 132 cm³/mol. The summed E-state index contributed by atoms with van der Waals surface area (Å²) in [6.45, 7) is 4.22. The van der Waals surface area contributed by atoms with E-state index in [9.17, 15) is 4.79 Å². The van der Waals surface area contributed by atoms with E-state index < -0.39 is 0 Å². The number of hydrogen-bond acceptors (Lipinski definition) is 6. The Balaban J connectivity index is 1.60. The molecule has 1 atom stereocenters. The largest absolute Gasteiger partial charge is 0.494 e. The molecule has 0 spiro atoms. The Kier molecular flexibility index (Phi) is 5.85. The summed E-state index contributed by atoms with van der Waals surface area (Å²) in [5, 5.41) is 11.8. The first-order valence-corrected chi connectivity index (χ1v) is 11.3. The van der Waals surface area contributed by atoms with Gasteiger partial charge in [0.1, 0.15) is 17.8 Å². The van der Waals surface area contributed by atoms with Gasteiger partial charge in [-0.3, -0.25) is 4.68 Å². The lowest BCUT2D eigenvalue weighted by molar-refractivity contribution is 0.177. The van der Waals surface area contributed by atoms with Crippen LogP contribution in [0.3, 0.4) is 0 Å². The van der Waals surface area contributed by atoms with Crippen molar-refractivity contribution < 1.29 is 9.53 Å². The summed E-state index contributed by atoms with van der Waals surface area (Å²) in [6.07, 6.45) is 3.49. The smallest absolute Gasteiger partial charge is 0.322 e. The van der Waals surface area contributed by atoms with Crippen LogP contribution in [0.2, 0.25) is 0 Å². The van der Waals surface area contributed by atoms with Crippen LogP contribution >= 0.6 is 0 Å². The van der Waals surface area contributed by atoms with E-state index in [-0.39, 0.29) is 12.1 Å². The van der Waals surface area contributed by atoms with E-state index in [4.69, 9.17) is 4.74 Å². The SMILES string of the molecule is COc1cc2ncnc(-c3cn(C)nc3-c3ccccc3)c2cc1NC(=O)N1CCNC[C@@H]1C. The van der Waals surface area contributed by atoms with E-state index >= 15 is 0 Å². The van der Waals surface area contributed by atoms with Gasteiger partial charge in [0.05, 0.1) is 24.0 Å². The summed E-state index contributed by atoms with van der Waals surface area (Å²) < 4.78 is 7.37. The van der Waals surface area contributed by atoms with Crippen LogP contribution in [-0.2, 0) is 7.05 Å². The van der Waals surface area contributed by atoms with Gasteiger partial charge in [-0.25, -0.2) is 14.8 Å². The van der Waals surface area contributed by atoms with Crippen LogP contribution in [0.1, 0.15) is 6.92 Å². The topological polar surface area (TPSA) is 97.2 Å². The molecule has 0 aliphatic carbocycles. The van der Waals surface area contributed by atoms with Crippen LogP contribution in [0, 0.1) is 0 Å². The van der Waals surface area contributed by atoms with E-state index in [2.05, 4.69) is 25.7 Å². The minimum atomic E-state index is -0.156. The normalized spacial score (nSPS) is 16.0. The molecule has 34 heavy (non-hydrogen) atoms. The van der Waals surface area contributed by atoms with Gasteiger partial charge in [-0.2, -0.15) is 5.10 Å². The maximum Gasteiger partial charge on any atom is 0.322 e. The average Bonchev–Trinajstić information content (AvgIpc) is 3.25. The molecule has 9 nitrogen and oxygen atoms in total. The van der Waals surface area contributed by atoms with E-state index in [0.717, 1.165) is 46.5 Å². The summed E-state index contributed by atoms with van der Waals surface area (Å²) in [7, 11) is 3.48. The van der Waals surface area contributed by atoms with E-state index in [1.54, 1.807) is 18.1 Å². The summed E-state index contributed by atoms with van der Waals surface area (Å²) >= 11 is 0. The minimum Gasteiger partial charge on any atom is -0.494 e. The highest BCUT2D eigenvalue weighted by atomic mass is 16.5. The number of carbonyl (C=O) groups is 1. The summed E-state index contributed by atoms with van der Waals surface area (Å²) in [5.41, 5.74) is 4.76. The molecule has 9 heteroatoms. The Labute approximate surface area is 197 Å². The molecular formula is C25H27N7O2. The third kappa shape index (κ3) is 4.06. The molecule has 2 amide bonds. The van der Waals surface area contributed by atoms with Gasteiger partial charge in [-0.1, -0.05) is 30.3 Å². The van der Waals surface area contributed by atoms with Crippen molar-refractivity contribution in [2.45, 2.75) is 13.0 Å². The van der Waals surface area contributed by atoms with Crippen LogP contribution in [0.4, 0.5) is 10.5 Å². The van der Waals surface area contributed by atoms with Gasteiger partial charge in [0.25, 0.3) is 0 Å². The van der Waals surface area contributed by atoms with Crippen molar-refractivity contribution in [3.63, 3.8) is 0 Å². The van der Waals surface area contributed by atoms with E-state index in [1.165, 1.54) is 0 Å². The van der Waals surface area contributed by atoms with Crippen molar-refractivity contribution in [2.75, 3.05) is 32.1 Å². The fourth-order valence-corrected chi connectivity index (χ4v) is 4.37. The molecule has 1 aliphatic rings. The molecule has 0 bridgehead atoms. The average molecular weight is 458 g/mol. The molecule has 0 radical (unpaired) electrons. The molecule has 5 rings (SSSR count). The van der Waals surface area contributed by atoms with Gasteiger partial charge in [-0.15, -0.1) is 0 Å². The molecule has 1 saturated heterocycles. The zero-order valence-electron chi connectivity index (χ0n) is 19.4. The molecule has 0 saturated carbocycles. The number of rotatable bonds is 4. The van der Waals surface area contributed by atoms with Gasteiger partial charge in [0.15, 0.2) is 0 Å². The van der Waals surface area contributed by atoms with Crippen LogP contribution in [-0.4, -0.2) is 63.5 Å². The molecule has 3 heterocycles. The highest BCUT2D eigenvalue weighted by molar-refractivity contribution is 6.01. The lowest BCUT2D eigenvalue weighted by Crippen LogP contribution is -2.53. The van der Waals surface area contributed by atoms with Gasteiger partial charge in [0.2, 0.25) is 0 Å². The van der Waals surface area contributed by atoms with Crippen molar-refractivity contribution in [1.29, 1.82) is 0 Å². The molecule has 0 unspecified atom stereocenters. The van der Waals surface area contributed by atoms with Gasteiger partial charge < -0.3 is 20.3 Å². The third-order valence-corrected chi connectivity index (χ3v) is 6.09. The lowest BCUT2D eigenvalue weighted by atomic mass is 10.0. The number of aromatic nitrogens is 4. The van der Waals surface area contributed by atoms with Crippen molar-refractivity contribution in [1.82, 2.24) is 30.0 Å². The zero-order chi connectivity index (χ0) is 23.7. The number of benzene rings is 2. The second-order valence-corrected chi connectivity index (χ2v) is 8.40. The number of carbonyl (C=O) groups excluding carboxylic acids is 1. The molecule has 1 aliphatic heterocycles. The van der Waals surface area contributed by atoms with Crippen LogP contribution < -0.4 is 15.4 Å². The van der Waals surface area contributed by atoms with Crippen LogP contribution in [0.25, 0.3) is 33.4 Å². The van der Waals surface area contributed by atoms with Gasteiger partial charge in [-0.05, 0) is 13.0 Å². The van der Waals surface area contributed by atoms with E-state index in [1.807, 2.05) is 67.5 Å². The number of nitrogens with zero attached hydrogens (tertiary/aromatic N) is 5. The monoisotopic (exact) mass is 457 g/mol. The van der Waals surface area contributed by atoms with Crippen LogP contribution in [0.15, 0.2) is 55.0 Å². The Morgan fingerprint density at radius 3 is 2.76 bits per heavy atom. The fourth-order valence-electron chi connectivity index (χ4n) is 4.37. The number of ether oxygens (including phenoxy) is 1. The first kappa shape index (κ1) is 21.8. The number of aryl methyl sites for hydroxylation is 1. The third-order valence-electron chi connectivity index (χ3n) is 6.09. The zero-order valence-corrected chi connectivity index (χ0v) is 19.4. The summed E-state index contributed by atoms with van der Waals surface area (Å²) in [6, 6.07) is 13.7. The van der Waals surface area contributed by atoms with Crippen molar-refractivity contribution in [3.8, 4) is 28.3 Å². The van der Waals surface area contributed by atoms with Crippen molar-refractivity contribution in [2.24, 2.45) is 7.05 Å². The number of piperazine rings is 1.